The molecule has 1 saturated heterocycles. The van der Waals surface area contributed by atoms with Gasteiger partial charge in [-0.05, 0) is 47.4 Å². The summed E-state index contributed by atoms with van der Waals surface area (Å²) in [4.78, 5) is 6.72. The Bertz CT molecular complexity index is 323. The molecule has 0 aliphatic carbocycles. The number of hydrogen-bond donors (Lipinski definition) is 1. The van der Waals surface area contributed by atoms with Gasteiger partial charge in [0, 0.05) is 19.6 Å². The largest absolute Gasteiger partial charge is 0.355 e. The van der Waals surface area contributed by atoms with Crippen molar-refractivity contribution in [2.45, 2.75) is 18.9 Å². The smallest absolute Gasteiger partial charge is 0.129 e. The van der Waals surface area contributed by atoms with E-state index in [-0.39, 0.29) is 0 Å². The SMILES string of the molecule is CN(c1cccc(Br)n1)[C@H]1CCCNC1. The Labute approximate surface area is 99.0 Å². The summed E-state index contributed by atoms with van der Waals surface area (Å²) in [5.74, 6) is 1.04. The molecule has 1 aromatic heterocycles. The van der Waals surface area contributed by atoms with E-state index >= 15 is 0 Å². The summed E-state index contributed by atoms with van der Waals surface area (Å²) in [5, 5.41) is 3.42. The van der Waals surface area contributed by atoms with Gasteiger partial charge in [-0.15, -0.1) is 0 Å². The van der Waals surface area contributed by atoms with Crippen LogP contribution in [0.2, 0.25) is 0 Å². The number of nitrogens with one attached hydrogen (secondary N) is 1. The first-order valence-electron chi connectivity index (χ1n) is 5.33. The molecular weight excluding hydrogens is 254 g/mol. The number of halogens is 1. The minimum Gasteiger partial charge on any atom is -0.355 e. The molecule has 1 fully saturated rings. The third kappa shape index (κ3) is 2.69. The predicted molar refractivity (Wildman–Crippen MR) is 66.2 cm³/mol. The second-order valence-electron chi connectivity index (χ2n) is 3.93. The average Bonchev–Trinajstić information content (AvgIpc) is 2.29. The van der Waals surface area contributed by atoms with Crippen molar-refractivity contribution in [1.82, 2.24) is 10.3 Å². The number of piperidine rings is 1. The Morgan fingerprint density at radius 1 is 1.53 bits per heavy atom. The topological polar surface area (TPSA) is 28.2 Å². The van der Waals surface area contributed by atoms with E-state index in [1.165, 1.54) is 12.8 Å². The van der Waals surface area contributed by atoms with Crippen molar-refractivity contribution < 1.29 is 0 Å². The van der Waals surface area contributed by atoms with E-state index in [0.717, 1.165) is 23.5 Å². The first-order valence-corrected chi connectivity index (χ1v) is 6.13. The minimum atomic E-state index is 0.570. The average molecular weight is 270 g/mol. The molecule has 3 nitrogen and oxygen atoms in total. The highest BCUT2D eigenvalue weighted by atomic mass is 79.9. The molecule has 15 heavy (non-hydrogen) atoms. The van der Waals surface area contributed by atoms with Gasteiger partial charge in [0.05, 0.1) is 0 Å². The fourth-order valence-corrected chi connectivity index (χ4v) is 2.28. The third-order valence-corrected chi connectivity index (χ3v) is 3.32. The van der Waals surface area contributed by atoms with E-state index < -0.39 is 0 Å². The van der Waals surface area contributed by atoms with Gasteiger partial charge in [0.2, 0.25) is 0 Å². The van der Waals surface area contributed by atoms with Crippen LogP contribution in [0.3, 0.4) is 0 Å². The van der Waals surface area contributed by atoms with E-state index in [1.54, 1.807) is 0 Å². The third-order valence-electron chi connectivity index (χ3n) is 2.88. The van der Waals surface area contributed by atoms with Crippen molar-refractivity contribution in [2.24, 2.45) is 0 Å². The minimum absolute atomic E-state index is 0.570. The van der Waals surface area contributed by atoms with Crippen LogP contribution in [0.25, 0.3) is 0 Å². The van der Waals surface area contributed by atoms with Crippen LogP contribution >= 0.6 is 15.9 Å². The van der Waals surface area contributed by atoms with Crippen LogP contribution in [-0.4, -0.2) is 31.2 Å². The van der Waals surface area contributed by atoms with Crippen molar-refractivity contribution in [3.8, 4) is 0 Å². The lowest BCUT2D eigenvalue weighted by molar-refractivity contribution is 0.443. The van der Waals surface area contributed by atoms with Crippen molar-refractivity contribution in [1.29, 1.82) is 0 Å². The van der Waals surface area contributed by atoms with Crippen LogP contribution < -0.4 is 10.2 Å². The van der Waals surface area contributed by atoms with E-state index in [1.807, 2.05) is 12.1 Å². The van der Waals surface area contributed by atoms with Gasteiger partial charge in [-0.3, -0.25) is 0 Å². The highest BCUT2D eigenvalue weighted by Gasteiger charge is 2.18. The van der Waals surface area contributed by atoms with Gasteiger partial charge in [0.15, 0.2) is 0 Å². The molecule has 4 heteroatoms. The van der Waals surface area contributed by atoms with Gasteiger partial charge in [-0.25, -0.2) is 4.98 Å². The first kappa shape index (κ1) is 10.9. The molecule has 2 rings (SSSR count). The zero-order valence-electron chi connectivity index (χ0n) is 8.91. The molecular formula is C11H16BrN3. The second-order valence-corrected chi connectivity index (χ2v) is 4.74. The number of anilines is 1. The maximum absolute atomic E-state index is 4.46. The monoisotopic (exact) mass is 269 g/mol. The second kappa shape index (κ2) is 4.94. The molecule has 0 unspecified atom stereocenters. The zero-order valence-corrected chi connectivity index (χ0v) is 10.5. The Balaban J connectivity index is 2.08. The fourth-order valence-electron chi connectivity index (χ4n) is 1.95. The highest BCUT2D eigenvalue weighted by molar-refractivity contribution is 9.10. The maximum atomic E-state index is 4.46. The Morgan fingerprint density at radius 2 is 2.40 bits per heavy atom. The summed E-state index contributed by atoms with van der Waals surface area (Å²) >= 11 is 3.40. The van der Waals surface area contributed by atoms with Gasteiger partial charge >= 0.3 is 0 Å². The lowest BCUT2D eigenvalue weighted by Gasteiger charge is -2.32. The van der Waals surface area contributed by atoms with E-state index in [4.69, 9.17) is 0 Å². The molecule has 0 bridgehead atoms. The van der Waals surface area contributed by atoms with E-state index in [2.05, 4.69) is 44.2 Å². The molecule has 0 spiro atoms. The van der Waals surface area contributed by atoms with Gasteiger partial charge in [-0.1, -0.05) is 6.07 Å². The molecule has 82 valence electrons. The van der Waals surface area contributed by atoms with Gasteiger partial charge < -0.3 is 10.2 Å². The molecule has 2 heterocycles. The highest BCUT2D eigenvalue weighted by Crippen LogP contribution is 2.18. The summed E-state index contributed by atoms with van der Waals surface area (Å²) in [7, 11) is 2.12. The van der Waals surface area contributed by atoms with Crippen LogP contribution in [0.5, 0.6) is 0 Å². The van der Waals surface area contributed by atoms with E-state index in [0.29, 0.717) is 6.04 Å². The summed E-state index contributed by atoms with van der Waals surface area (Å²) in [6.45, 7) is 2.21. The van der Waals surface area contributed by atoms with Crippen molar-refractivity contribution in [3.05, 3.63) is 22.8 Å². The first-order chi connectivity index (χ1) is 7.27. The standard InChI is InChI=1S/C11H16BrN3/c1-15(9-4-3-7-13-8-9)11-6-2-5-10(12)14-11/h2,5-6,9,13H,3-4,7-8H2,1H3/t9-/m0/s1. The molecule has 1 aliphatic heterocycles. The van der Waals surface area contributed by atoms with Crippen molar-refractivity contribution >= 4 is 21.7 Å². The zero-order chi connectivity index (χ0) is 10.7. The molecule has 0 amide bonds. The maximum Gasteiger partial charge on any atom is 0.129 e. The van der Waals surface area contributed by atoms with Crippen molar-refractivity contribution in [3.63, 3.8) is 0 Å². The lowest BCUT2D eigenvalue weighted by atomic mass is 10.1. The molecule has 1 N–H and O–H groups in total. The summed E-state index contributed by atoms with van der Waals surface area (Å²) in [6.07, 6.45) is 2.50. The summed E-state index contributed by atoms with van der Waals surface area (Å²) < 4.78 is 0.899. The normalized spacial score (nSPS) is 21.3. The lowest BCUT2D eigenvalue weighted by Crippen LogP contribution is -2.44. The molecule has 1 atom stereocenters. The number of aromatic nitrogens is 1. The van der Waals surface area contributed by atoms with Gasteiger partial charge in [0.1, 0.15) is 10.4 Å². The Kier molecular flexibility index (Phi) is 3.59. The fraction of sp³-hybridized carbons (Fsp3) is 0.545. The predicted octanol–water partition coefficient (Wildman–Crippen LogP) is 2.03. The van der Waals surface area contributed by atoms with E-state index in [9.17, 15) is 0 Å². The number of hydrogen-bond acceptors (Lipinski definition) is 3. The molecule has 0 saturated carbocycles. The number of nitrogens with zero attached hydrogens (tertiary/aromatic N) is 2. The van der Waals surface area contributed by atoms with Crippen LogP contribution in [0.1, 0.15) is 12.8 Å². The Hall–Kier alpha value is -0.610. The number of likely N-dealkylation sites (N-methyl/N-ethyl adjacent to an activating group) is 1. The van der Waals surface area contributed by atoms with Crippen LogP contribution in [0, 0.1) is 0 Å². The van der Waals surface area contributed by atoms with Crippen LogP contribution in [-0.2, 0) is 0 Å². The van der Waals surface area contributed by atoms with Gasteiger partial charge in [0.25, 0.3) is 0 Å². The molecule has 1 aromatic rings. The van der Waals surface area contributed by atoms with Crippen molar-refractivity contribution in [2.75, 3.05) is 25.0 Å². The molecule has 0 radical (unpaired) electrons. The Morgan fingerprint density at radius 3 is 3.07 bits per heavy atom. The quantitative estimate of drug-likeness (QED) is 0.833. The number of pyridine rings is 1. The van der Waals surface area contributed by atoms with Crippen LogP contribution in [0.15, 0.2) is 22.8 Å². The van der Waals surface area contributed by atoms with Gasteiger partial charge in [-0.2, -0.15) is 0 Å². The summed E-state index contributed by atoms with van der Waals surface area (Å²) in [5.41, 5.74) is 0. The molecule has 0 aromatic carbocycles. The summed E-state index contributed by atoms with van der Waals surface area (Å²) in [6, 6.07) is 6.61. The van der Waals surface area contributed by atoms with Crippen LogP contribution in [0.4, 0.5) is 5.82 Å². The molecule has 1 aliphatic rings. The number of rotatable bonds is 2.